The van der Waals surface area contributed by atoms with Gasteiger partial charge in [-0.2, -0.15) is 0 Å². The van der Waals surface area contributed by atoms with Crippen LogP contribution in [0.1, 0.15) is 139 Å². The second kappa shape index (κ2) is 28.6. The van der Waals surface area contributed by atoms with Crippen molar-refractivity contribution in [3.8, 4) is 0 Å². The summed E-state index contributed by atoms with van der Waals surface area (Å²) in [6.45, 7) is 8.02. The standard InChI is InChI=1S/C46H76NO11P/c1-8-10-17-24-39(48)29-30-41-38(28-31-42(41)49)23-18-15-16-20-26-45(50)54-34-40(35-56-59(52,53)55-33-32-47(5,6)7)57-46(51)27-21-14-12-11-13-19-25-44-37(4)36(3)43(58-44)22-9-2/h15,18,28-31,38-41,48H,8-14,16-17,19-27,32-35H2,1-7H3/b18-15-,30-29+/t38-,39-,40+,41+/m0/s1. The summed E-state index contributed by atoms with van der Waals surface area (Å²) in [4.78, 5) is 50.2. The molecule has 0 radical (unpaired) electrons. The first kappa shape index (κ1) is 52.3. The molecule has 59 heavy (non-hydrogen) atoms. The van der Waals surface area contributed by atoms with Crippen molar-refractivity contribution in [1.82, 2.24) is 0 Å². The summed E-state index contributed by atoms with van der Waals surface area (Å²) < 4.78 is 40.0. The molecule has 0 fully saturated rings. The van der Waals surface area contributed by atoms with Crippen molar-refractivity contribution < 1.29 is 56.4 Å². The van der Waals surface area contributed by atoms with Crippen molar-refractivity contribution >= 4 is 25.5 Å². The number of unbranched alkanes of at least 4 members (excludes halogenated alkanes) is 8. The number of nitrogens with zero attached hydrogens (tertiary/aromatic N) is 1. The molecule has 0 saturated carbocycles. The van der Waals surface area contributed by atoms with Gasteiger partial charge in [-0.1, -0.05) is 89.2 Å². The molecule has 1 aliphatic rings. The molecule has 0 aliphatic heterocycles. The van der Waals surface area contributed by atoms with Gasteiger partial charge in [0.05, 0.1) is 33.9 Å². The monoisotopic (exact) mass is 850 g/mol. The normalized spacial score (nSPS) is 17.9. The quantitative estimate of drug-likeness (QED) is 0.0237. The lowest BCUT2D eigenvalue weighted by Crippen LogP contribution is -2.37. The van der Waals surface area contributed by atoms with Crippen LogP contribution in [0.5, 0.6) is 0 Å². The Hall–Kier alpha value is -2.86. The van der Waals surface area contributed by atoms with Gasteiger partial charge in [0.15, 0.2) is 11.9 Å². The number of quaternary nitrogens is 1. The number of allylic oxidation sites excluding steroid dienone is 5. The van der Waals surface area contributed by atoms with Crippen molar-refractivity contribution in [2.24, 2.45) is 11.8 Å². The zero-order valence-corrected chi connectivity index (χ0v) is 38.1. The third-order valence-corrected chi connectivity index (χ3v) is 11.5. The summed E-state index contributed by atoms with van der Waals surface area (Å²) in [6.07, 6.45) is 23.8. The highest BCUT2D eigenvalue weighted by atomic mass is 31.2. The Balaban J connectivity index is 1.76. The Morgan fingerprint density at radius 3 is 2.25 bits per heavy atom. The summed E-state index contributed by atoms with van der Waals surface area (Å²) in [5.41, 5.74) is 2.54. The van der Waals surface area contributed by atoms with Crippen LogP contribution in [0, 0.1) is 25.7 Å². The van der Waals surface area contributed by atoms with Gasteiger partial charge in [-0.3, -0.25) is 18.9 Å². The topological polar surface area (TPSA) is 162 Å². The average molecular weight is 850 g/mol. The lowest BCUT2D eigenvalue weighted by Gasteiger charge is -2.28. The fourth-order valence-corrected chi connectivity index (χ4v) is 7.48. The smallest absolute Gasteiger partial charge is 0.306 e. The number of phosphoric ester groups is 1. The highest BCUT2D eigenvalue weighted by Gasteiger charge is 2.27. The molecular weight excluding hydrogens is 773 g/mol. The summed E-state index contributed by atoms with van der Waals surface area (Å²) in [5.74, 6) is 0.953. The van der Waals surface area contributed by atoms with E-state index in [9.17, 15) is 28.9 Å². The first-order valence-corrected chi connectivity index (χ1v) is 23.6. The van der Waals surface area contributed by atoms with E-state index in [0.29, 0.717) is 43.1 Å². The number of esters is 2. The number of furan rings is 1. The van der Waals surface area contributed by atoms with Gasteiger partial charge in [-0.15, -0.1) is 0 Å². The van der Waals surface area contributed by atoms with E-state index in [1.165, 1.54) is 11.1 Å². The molecule has 1 unspecified atom stereocenters. The van der Waals surface area contributed by atoms with E-state index in [1.807, 2.05) is 45.4 Å². The van der Waals surface area contributed by atoms with Crippen LogP contribution in [-0.2, 0) is 50.3 Å². The van der Waals surface area contributed by atoms with Crippen LogP contribution in [0.4, 0.5) is 0 Å². The predicted octanol–water partition coefficient (Wildman–Crippen LogP) is 8.77. The highest BCUT2D eigenvalue weighted by Crippen LogP contribution is 2.38. The van der Waals surface area contributed by atoms with Crippen LogP contribution in [0.3, 0.4) is 0 Å². The molecule has 0 spiro atoms. The third-order valence-electron chi connectivity index (χ3n) is 10.6. The lowest BCUT2D eigenvalue weighted by molar-refractivity contribution is -0.870. The van der Waals surface area contributed by atoms with Crippen molar-refractivity contribution in [1.29, 1.82) is 0 Å². The van der Waals surface area contributed by atoms with E-state index in [1.54, 1.807) is 12.2 Å². The van der Waals surface area contributed by atoms with Crippen LogP contribution < -0.4 is 4.89 Å². The van der Waals surface area contributed by atoms with E-state index >= 15 is 0 Å². The molecule has 1 aromatic heterocycles. The second-order valence-corrected chi connectivity index (χ2v) is 18.4. The maximum atomic E-state index is 12.8. The van der Waals surface area contributed by atoms with Crippen LogP contribution in [-0.4, -0.2) is 87.0 Å². The molecule has 0 amide bonds. The fraction of sp³-hybridized carbons (Fsp3) is 0.717. The lowest BCUT2D eigenvalue weighted by atomic mass is 9.90. The van der Waals surface area contributed by atoms with Crippen molar-refractivity contribution in [2.45, 2.75) is 155 Å². The van der Waals surface area contributed by atoms with E-state index < -0.39 is 38.6 Å². The van der Waals surface area contributed by atoms with E-state index in [0.717, 1.165) is 82.1 Å². The number of hydrogen-bond acceptors (Lipinski definition) is 11. The first-order chi connectivity index (χ1) is 28.0. The Kier molecular flexibility index (Phi) is 25.4. The maximum Gasteiger partial charge on any atom is 0.306 e. The number of carbonyl (C=O) groups is 3. The predicted molar refractivity (Wildman–Crippen MR) is 229 cm³/mol. The Bertz CT molecular complexity index is 1520. The molecule has 0 saturated heterocycles. The van der Waals surface area contributed by atoms with Gasteiger partial charge >= 0.3 is 11.9 Å². The maximum absolute atomic E-state index is 12.8. The van der Waals surface area contributed by atoms with Gasteiger partial charge < -0.3 is 37.4 Å². The number of carbonyl (C=O) groups excluding carboxylic acids is 3. The highest BCUT2D eigenvalue weighted by molar-refractivity contribution is 7.45. The van der Waals surface area contributed by atoms with Crippen molar-refractivity contribution in [2.75, 3.05) is 47.5 Å². The van der Waals surface area contributed by atoms with Crippen LogP contribution >= 0.6 is 7.82 Å². The fourth-order valence-electron chi connectivity index (χ4n) is 6.75. The molecule has 1 heterocycles. The first-order valence-electron chi connectivity index (χ1n) is 22.1. The number of rotatable bonds is 33. The van der Waals surface area contributed by atoms with Gasteiger partial charge in [-0.05, 0) is 81.9 Å². The molecule has 0 bridgehead atoms. The van der Waals surface area contributed by atoms with Crippen LogP contribution in [0.15, 0.2) is 40.9 Å². The zero-order valence-electron chi connectivity index (χ0n) is 37.3. The minimum absolute atomic E-state index is 0.0217. The molecule has 5 atom stereocenters. The van der Waals surface area contributed by atoms with Gasteiger partial charge in [0.1, 0.15) is 31.3 Å². The molecule has 1 aromatic rings. The Labute approximate surface area is 355 Å². The van der Waals surface area contributed by atoms with E-state index in [4.69, 9.17) is 22.9 Å². The number of aliphatic hydroxyl groups excluding tert-OH is 1. The summed E-state index contributed by atoms with van der Waals surface area (Å²) >= 11 is 0. The minimum Gasteiger partial charge on any atom is -0.756 e. The number of likely N-dealkylation sites (N-methyl/N-ethyl adjacent to an activating group) is 1. The molecule has 336 valence electrons. The summed E-state index contributed by atoms with van der Waals surface area (Å²) in [6, 6.07) is 0. The van der Waals surface area contributed by atoms with E-state index in [-0.39, 0.29) is 43.7 Å². The number of aryl methyl sites for hydroxylation is 2. The Morgan fingerprint density at radius 2 is 1.56 bits per heavy atom. The number of aliphatic hydroxyl groups is 1. The van der Waals surface area contributed by atoms with Gasteiger partial charge in [0.2, 0.25) is 0 Å². The SMILES string of the molecule is CCCCC[C@H](O)/C=C/[C@H]1C(=O)C=C[C@@H]1C/C=C\CCCC(=O)OC[C@H](COP(=O)([O-])OCC[N+](C)(C)C)OC(=O)CCCCCCCCc1oc(CCC)c(C)c1C. The van der Waals surface area contributed by atoms with Crippen molar-refractivity contribution in [3.63, 3.8) is 0 Å². The van der Waals surface area contributed by atoms with Gasteiger partial charge in [0, 0.05) is 31.6 Å². The Morgan fingerprint density at radius 1 is 0.881 bits per heavy atom. The molecular formula is C46H76NO11P. The summed E-state index contributed by atoms with van der Waals surface area (Å²) in [5, 5.41) is 10.2. The van der Waals surface area contributed by atoms with Crippen LogP contribution in [0.2, 0.25) is 0 Å². The largest absolute Gasteiger partial charge is 0.756 e. The number of phosphoric acid groups is 1. The van der Waals surface area contributed by atoms with Gasteiger partial charge in [0.25, 0.3) is 7.82 Å². The summed E-state index contributed by atoms with van der Waals surface area (Å²) in [7, 11) is 1.02. The molecule has 12 nitrogen and oxygen atoms in total. The average Bonchev–Trinajstić information content (AvgIpc) is 3.66. The number of hydrogen-bond donors (Lipinski definition) is 1. The number of ketones is 1. The molecule has 13 heteroatoms. The number of ether oxygens (including phenoxy) is 2. The zero-order chi connectivity index (χ0) is 43.7. The second-order valence-electron chi connectivity index (χ2n) is 17.0. The molecule has 1 N–H and O–H groups in total. The third kappa shape index (κ3) is 23.1. The molecule has 2 rings (SSSR count). The minimum atomic E-state index is -4.69. The molecule has 0 aromatic carbocycles. The molecule has 1 aliphatic carbocycles. The van der Waals surface area contributed by atoms with Crippen LogP contribution in [0.25, 0.3) is 0 Å². The van der Waals surface area contributed by atoms with Crippen molar-refractivity contribution in [3.05, 3.63) is 59.1 Å². The van der Waals surface area contributed by atoms with E-state index in [2.05, 4.69) is 27.7 Å². The van der Waals surface area contributed by atoms with Gasteiger partial charge in [-0.25, -0.2) is 0 Å².